The third kappa shape index (κ3) is 2.14. The number of ether oxygens (including phenoxy) is 1. The lowest BCUT2D eigenvalue weighted by molar-refractivity contribution is 0.108. The van der Waals surface area contributed by atoms with Gasteiger partial charge in [-0.05, 0) is 23.7 Å². The number of hydrogen-bond donors (Lipinski definition) is 0. The number of nitrogens with zero attached hydrogens (tertiary/aromatic N) is 1. The third-order valence-electron chi connectivity index (χ3n) is 1.83. The third-order valence-corrected chi connectivity index (χ3v) is 2.03. The maximum absolute atomic E-state index is 11.0. The van der Waals surface area contributed by atoms with Gasteiger partial charge in [-0.2, -0.15) is 5.26 Å². The average Bonchev–Trinajstić information content (AvgIpc) is 2.26. The van der Waals surface area contributed by atoms with E-state index in [-0.39, 0.29) is 16.7 Å². The van der Waals surface area contributed by atoms with Gasteiger partial charge in [0.2, 0.25) is 0 Å². The van der Waals surface area contributed by atoms with E-state index in [0.717, 1.165) is 0 Å². The molecule has 0 fully saturated rings. The van der Waals surface area contributed by atoms with Crippen molar-refractivity contribution < 1.29 is 14.3 Å². The van der Waals surface area contributed by atoms with Gasteiger partial charge in [0.25, 0.3) is 5.24 Å². The Labute approximate surface area is 91.0 Å². The molecule has 4 nitrogen and oxygen atoms in total. The molecule has 5 heteroatoms. The Bertz CT molecular complexity index is 462. The lowest BCUT2D eigenvalue weighted by Gasteiger charge is -2.05. The van der Waals surface area contributed by atoms with Crippen LogP contribution in [0.2, 0.25) is 0 Å². The van der Waals surface area contributed by atoms with Crippen LogP contribution in [-0.4, -0.2) is 18.6 Å². The van der Waals surface area contributed by atoms with E-state index in [1.807, 2.05) is 0 Å². The maximum Gasteiger partial charge on any atom is 0.253 e. The Balaban J connectivity index is 3.54. The number of methoxy groups -OCH3 is 1. The molecule has 0 amide bonds. The normalized spacial score (nSPS) is 9.13. The van der Waals surface area contributed by atoms with Gasteiger partial charge in [-0.25, -0.2) is 0 Å². The van der Waals surface area contributed by atoms with Crippen LogP contribution in [0.3, 0.4) is 0 Å². The molecule has 0 N–H and O–H groups in total. The first kappa shape index (κ1) is 11.2. The van der Waals surface area contributed by atoms with Gasteiger partial charge in [-0.3, -0.25) is 9.59 Å². The fourth-order valence-electron chi connectivity index (χ4n) is 1.13. The highest BCUT2D eigenvalue weighted by atomic mass is 35.5. The molecule has 0 aliphatic heterocycles. The summed E-state index contributed by atoms with van der Waals surface area (Å²) < 4.78 is 4.87. The van der Waals surface area contributed by atoms with Crippen molar-refractivity contribution in [2.45, 2.75) is 0 Å². The summed E-state index contributed by atoms with van der Waals surface area (Å²) in [7, 11) is 1.39. The summed E-state index contributed by atoms with van der Waals surface area (Å²) in [5.41, 5.74) is 0.0206. The molecule has 1 rings (SSSR count). The van der Waals surface area contributed by atoms with E-state index in [1.54, 1.807) is 6.07 Å². The first-order chi connectivity index (χ1) is 7.13. The first-order valence-corrected chi connectivity index (χ1v) is 4.29. The number of aldehydes is 1. The predicted molar refractivity (Wildman–Crippen MR) is 53.3 cm³/mol. The van der Waals surface area contributed by atoms with Crippen molar-refractivity contribution in [2.75, 3.05) is 7.11 Å². The fraction of sp³-hybridized carbons (Fsp3) is 0.100. The predicted octanol–water partition coefficient (Wildman–Crippen LogP) is 1.76. The van der Waals surface area contributed by atoms with Gasteiger partial charge in [0, 0.05) is 5.56 Å². The highest BCUT2D eigenvalue weighted by Gasteiger charge is 2.15. The lowest BCUT2D eigenvalue weighted by atomic mass is 10.0. The Morgan fingerprint density at radius 3 is 2.67 bits per heavy atom. The molecule has 1 aromatic carbocycles. The molecule has 0 aromatic heterocycles. The number of halogens is 1. The van der Waals surface area contributed by atoms with Crippen LogP contribution in [-0.2, 0) is 0 Å². The van der Waals surface area contributed by atoms with Gasteiger partial charge in [0.05, 0.1) is 18.2 Å². The Morgan fingerprint density at radius 1 is 1.60 bits per heavy atom. The molecule has 0 bridgehead atoms. The highest BCUT2D eigenvalue weighted by Crippen LogP contribution is 2.22. The zero-order valence-electron chi connectivity index (χ0n) is 7.78. The molecule has 0 saturated carbocycles. The van der Waals surface area contributed by atoms with Gasteiger partial charge in [-0.1, -0.05) is 0 Å². The number of rotatable bonds is 3. The quantitative estimate of drug-likeness (QED) is 0.578. The number of carbonyl (C=O) groups is 2. The smallest absolute Gasteiger partial charge is 0.253 e. The van der Waals surface area contributed by atoms with Gasteiger partial charge < -0.3 is 4.74 Å². The second kappa shape index (κ2) is 4.58. The van der Waals surface area contributed by atoms with Crippen LogP contribution in [0, 0.1) is 11.3 Å². The number of carbonyl (C=O) groups excluding carboxylic acids is 2. The molecule has 0 unspecified atom stereocenters. The molecule has 0 spiro atoms. The molecule has 1 aromatic rings. The molecule has 0 atom stereocenters. The zero-order chi connectivity index (χ0) is 11.4. The topological polar surface area (TPSA) is 67.2 Å². The Hall–Kier alpha value is -1.86. The maximum atomic E-state index is 11.0. The van der Waals surface area contributed by atoms with E-state index in [1.165, 1.54) is 19.2 Å². The number of nitriles is 1. The second-order valence-corrected chi connectivity index (χ2v) is 2.99. The van der Waals surface area contributed by atoms with Gasteiger partial charge in [-0.15, -0.1) is 0 Å². The Morgan fingerprint density at radius 2 is 2.27 bits per heavy atom. The van der Waals surface area contributed by atoms with Crippen LogP contribution in [0.1, 0.15) is 26.3 Å². The van der Waals surface area contributed by atoms with E-state index in [0.29, 0.717) is 12.0 Å². The van der Waals surface area contributed by atoms with Crippen molar-refractivity contribution in [3.05, 3.63) is 28.8 Å². The minimum Gasteiger partial charge on any atom is -0.497 e. The highest BCUT2D eigenvalue weighted by molar-refractivity contribution is 6.68. The largest absolute Gasteiger partial charge is 0.497 e. The molecule has 0 aliphatic rings. The SMILES string of the molecule is COc1cc(C=O)c(C#N)c(C(=O)Cl)c1. The summed E-state index contributed by atoms with van der Waals surface area (Å²) in [6.07, 6.45) is 0.477. The molecule has 15 heavy (non-hydrogen) atoms. The molecule has 0 saturated heterocycles. The average molecular weight is 224 g/mol. The van der Waals surface area contributed by atoms with Crippen molar-refractivity contribution in [1.29, 1.82) is 5.26 Å². The lowest BCUT2D eigenvalue weighted by Crippen LogP contribution is -2.00. The van der Waals surface area contributed by atoms with Crippen LogP contribution in [0.4, 0.5) is 0 Å². The van der Waals surface area contributed by atoms with Crippen LogP contribution in [0.25, 0.3) is 0 Å². The summed E-state index contributed by atoms with van der Waals surface area (Å²) in [6.45, 7) is 0. The van der Waals surface area contributed by atoms with Crippen molar-refractivity contribution >= 4 is 23.1 Å². The molecule has 0 radical (unpaired) electrons. The van der Waals surface area contributed by atoms with Gasteiger partial charge >= 0.3 is 0 Å². The van der Waals surface area contributed by atoms with Crippen LogP contribution in [0.5, 0.6) is 5.75 Å². The molecule has 76 valence electrons. The standard InChI is InChI=1S/C10H6ClNO3/c1-15-7-2-6(5-13)9(4-12)8(3-7)10(11)14/h2-3,5H,1H3. The van der Waals surface area contributed by atoms with Gasteiger partial charge in [0.1, 0.15) is 11.8 Å². The summed E-state index contributed by atoms with van der Waals surface area (Å²) in [5, 5.41) is 7.98. The molecular formula is C10H6ClNO3. The van der Waals surface area contributed by atoms with Crippen molar-refractivity contribution in [3.8, 4) is 11.8 Å². The summed E-state index contributed by atoms with van der Waals surface area (Å²) in [5.74, 6) is 0.306. The molecule has 0 aliphatic carbocycles. The number of benzene rings is 1. The van der Waals surface area contributed by atoms with E-state index < -0.39 is 5.24 Å². The van der Waals surface area contributed by atoms with Crippen molar-refractivity contribution in [1.82, 2.24) is 0 Å². The van der Waals surface area contributed by atoms with Crippen LogP contribution < -0.4 is 4.74 Å². The summed E-state index contributed by atoms with van der Waals surface area (Å²) in [6, 6.07) is 4.45. The second-order valence-electron chi connectivity index (χ2n) is 2.64. The summed E-state index contributed by atoms with van der Waals surface area (Å²) >= 11 is 5.28. The monoisotopic (exact) mass is 223 g/mol. The zero-order valence-corrected chi connectivity index (χ0v) is 8.54. The fourth-order valence-corrected chi connectivity index (χ4v) is 1.28. The minimum atomic E-state index is -0.798. The Kier molecular flexibility index (Phi) is 3.42. The summed E-state index contributed by atoms with van der Waals surface area (Å²) in [4.78, 5) is 21.7. The van der Waals surface area contributed by atoms with Crippen LogP contribution >= 0.6 is 11.6 Å². The van der Waals surface area contributed by atoms with E-state index in [2.05, 4.69) is 0 Å². The van der Waals surface area contributed by atoms with Gasteiger partial charge in [0.15, 0.2) is 6.29 Å². The van der Waals surface area contributed by atoms with E-state index in [9.17, 15) is 9.59 Å². The first-order valence-electron chi connectivity index (χ1n) is 3.91. The minimum absolute atomic E-state index is 0.0272. The van der Waals surface area contributed by atoms with Crippen LogP contribution in [0.15, 0.2) is 12.1 Å². The van der Waals surface area contributed by atoms with Crippen molar-refractivity contribution in [2.24, 2.45) is 0 Å². The molecular weight excluding hydrogens is 218 g/mol. The molecule has 0 heterocycles. The van der Waals surface area contributed by atoms with Crippen molar-refractivity contribution in [3.63, 3.8) is 0 Å². The van der Waals surface area contributed by atoms with E-state index in [4.69, 9.17) is 21.6 Å². The van der Waals surface area contributed by atoms with E-state index >= 15 is 0 Å². The number of hydrogen-bond acceptors (Lipinski definition) is 4.